The predicted molar refractivity (Wildman–Crippen MR) is 95.5 cm³/mol. The first-order valence-corrected chi connectivity index (χ1v) is 9.06. The van der Waals surface area contributed by atoms with Crippen molar-refractivity contribution < 1.29 is 9.18 Å². The van der Waals surface area contributed by atoms with Gasteiger partial charge in [0.1, 0.15) is 11.9 Å². The van der Waals surface area contributed by atoms with Gasteiger partial charge in [-0.1, -0.05) is 0 Å². The lowest BCUT2D eigenvalue weighted by atomic mass is 9.91. The van der Waals surface area contributed by atoms with Crippen LogP contribution in [0.5, 0.6) is 0 Å². The second kappa shape index (κ2) is 7.47. The highest BCUT2D eigenvalue weighted by molar-refractivity contribution is 5.82. The molecule has 2 saturated heterocycles. The number of nitrogens with one attached hydrogen (secondary N) is 2. The number of benzene rings is 1. The van der Waals surface area contributed by atoms with Crippen molar-refractivity contribution in [1.82, 2.24) is 25.7 Å². The largest absolute Gasteiger partial charge is 0.341 e. The van der Waals surface area contributed by atoms with Crippen LogP contribution in [0.25, 0.3) is 11.3 Å². The van der Waals surface area contributed by atoms with E-state index in [2.05, 4.69) is 20.8 Å². The Bertz CT molecular complexity index is 776. The summed E-state index contributed by atoms with van der Waals surface area (Å²) in [5.74, 6) is 0.00837. The molecule has 1 amide bonds. The molecule has 2 aliphatic rings. The van der Waals surface area contributed by atoms with Crippen LogP contribution >= 0.6 is 0 Å². The van der Waals surface area contributed by atoms with Gasteiger partial charge in [0, 0.05) is 43.5 Å². The maximum Gasteiger partial charge on any atom is 0.241 e. The van der Waals surface area contributed by atoms with Gasteiger partial charge < -0.3 is 4.90 Å². The lowest BCUT2D eigenvalue weighted by molar-refractivity contribution is -0.134. The summed E-state index contributed by atoms with van der Waals surface area (Å²) < 4.78 is 13.3. The topological polar surface area (TPSA) is 70.2 Å². The van der Waals surface area contributed by atoms with Gasteiger partial charge >= 0.3 is 0 Å². The van der Waals surface area contributed by atoms with E-state index in [1.807, 2.05) is 4.90 Å². The minimum atomic E-state index is -0.272. The van der Waals surface area contributed by atoms with E-state index >= 15 is 0 Å². The van der Waals surface area contributed by atoms with Crippen molar-refractivity contribution in [1.29, 1.82) is 0 Å². The molecule has 2 N–H and O–H groups in total. The molecule has 2 unspecified atom stereocenters. The summed E-state index contributed by atoms with van der Waals surface area (Å²) in [6.07, 6.45) is 6.06. The van der Waals surface area contributed by atoms with E-state index < -0.39 is 0 Å². The van der Waals surface area contributed by atoms with E-state index in [4.69, 9.17) is 0 Å². The van der Waals surface area contributed by atoms with Crippen molar-refractivity contribution in [2.75, 3.05) is 19.6 Å². The molecule has 0 spiro atoms. The molecule has 2 aromatic rings. The number of aromatic nitrogens is 2. The average molecular weight is 355 g/mol. The van der Waals surface area contributed by atoms with Crippen LogP contribution in [-0.2, 0) is 4.79 Å². The molecular weight excluding hydrogens is 333 g/mol. The number of hydrogen-bond donors (Lipinski definition) is 2. The quantitative estimate of drug-likeness (QED) is 0.879. The number of halogens is 1. The second-order valence-corrected chi connectivity index (χ2v) is 6.83. The summed E-state index contributed by atoms with van der Waals surface area (Å²) in [4.78, 5) is 23.7. The second-order valence-electron chi connectivity index (χ2n) is 6.83. The van der Waals surface area contributed by atoms with Crippen LogP contribution in [0.2, 0.25) is 0 Å². The zero-order chi connectivity index (χ0) is 17.9. The number of rotatable bonds is 3. The molecule has 4 rings (SSSR count). The number of hydrogen-bond acceptors (Lipinski definition) is 5. The third-order valence-corrected chi connectivity index (χ3v) is 5.10. The van der Waals surface area contributed by atoms with Crippen molar-refractivity contribution >= 4 is 5.91 Å². The highest BCUT2D eigenvalue weighted by Gasteiger charge is 2.32. The number of piperidine rings is 1. The fourth-order valence-electron chi connectivity index (χ4n) is 3.77. The van der Waals surface area contributed by atoms with Crippen molar-refractivity contribution in [3.05, 3.63) is 48.2 Å². The first-order valence-electron chi connectivity index (χ1n) is 9.06. The summed E-state index contributed by atoms with van der Waals surface area (Å²) in [5.41, 5.74) is 8.57. The molecule has 2 aliphatic heterocycles. The molecule has 0 radical (unpaired) electrons. The fourth-order valence-corrected chi connectivity index (χ4v) is 3.77. The molecule has 6 nitrogen and oxygen atoms in total. The third kappa shape index (κ3) is 3.45. The molecule has 0 aliphatic carbocycles. The summed E-state index contributed by atoms with van der Waals surface area (Å²) >= 11 is 0. The minimum absolute atomic E-state index is 0.135. The van der Waals surface area contributed by atoms with E-state index in [9.17, 15) is 9.18 Å². The summed E-state index contributed by atoms with van der Waals surface area (Å²) in [6.45, 7) is 2.23. The van der Waals surface area contributed by atoms with Gasteiger partial charge in [-0.25, -0.2) is 9.82 Å². The summed E-state index contributed by atoms with van der Waals surface area (Å²) in [7, 11) is 0. The highest BCUT2D eigenvalue weighted by Crippen LogP contribution is 2.32. The average Bonchev–Trinajstić information content (AvgIpc) is 3.23. The Balaban J connectivity index is 1.57. The summed E-state index contributed by atoms with van der Waals surface area (Å²) in [5, 5.41) is 0. The number of amides is 1. The van der Waals surface area contributed by atoms with Crippen LogP contribution in [0.3, 0.4) is 0 Å². The van der Waals surface area contributed by atoms with Crippen LogP contribution in [-0.4, -0.2) is 46.5 Å². The Morgan fingerprint density at radius 2 is 1.96 bits per heavy atom. The van der Waals surface area contributed by atoms with Crippen LogP contribution in [0.1, 0.15) is 30.9 Å². The predicted octanol–water partition coefficient (Wildman–Crippen LogP) is 1.86. The standard InChI is InChI=1S/C19H22FN5O/c20-15-5-3-13(4-6-15)17-18(22-10-9-21-17)14-2-1-11-25(12-14)19(26)16-7-8-23-24-16/h3-6,9-10,14,16,23-24H,1-2,7-8,11-12H2. The number of carbonyl (C=O) groups excluding carboxylic acids is 1. The van der Waals surface area contributed by atoms with Crippen molar-refractivity contribution in [3.8, 4) is 11.3 Å². The fraction of sp³-hybridized carbons (Fsp3) is 0.421. The number of carbonyl (C=O) groups is 1. The third-order valence-electron chi connectivity index (χ3n) is 5.10. The molecular formula is C19H22FN5O. The van der Waals surface area contributed by atoms with Crippen LogP contribution in [0, 0.1) is 5.82 Å². The zero-order valence-electron chi connectivity index (χ0n) is 14.5. The Morgan fingerprint density at radius 3 is 2.73 bits per heavy atom. The maximum absolute atomic E-state index is 13.3. The van der Waals surface area contributed by atoms with E-state index in [0.29, 0.717) is 6.54 Å². The molecule has 1 aromatic heterocycles. The monoisotopic (exact) mass is 355 g/mol. The number of likely N-dealkylation sites (tertiary alicyclic amines) is 1. The van der Waals surface area contributed by atoms with Gasteiger partial charge in [-0.15, -0.1) is 0 Å². The van der Waals surface area contributed by atoms with Crippen LogP contribution in [0.4, 0.5) is 4.39 Å². The molecule has 26 heavy (non-hydrogen) atoms. The molecule has 7 heteroatoms. The highest BCUT2D eigenvalue weighted by atomic mass is 19.1. The van der Waals surface area contributed by atoms with Gasteiger partial charge in [0.05, 0.1) is 11.4 Å². The lowest BCUT2D eigenvalue weighted by Crippen LogP contribution is -2.48. The Labute approximate surface area is 151 Å². The molecule has 3 heterocycles. The Kier molecular flexibility index (Phi) is 4.90. The summed E-state index contributed by atoms with van der Waals surface area (Å²) in [6, 6.07) is 6.17. The van der Waals surface area contributed by atoms with Gasteiger partial charge in [-0.2, -0.15) is 0 Å². The molecule has 0 bridgehead atoms. The van der Waals surface area contributed by atoms with Crippen molar-refractivity contribution in [3.63, 3.8) is 0 Å². The van der Waals surface area contributed by atoms with Crippen LogP contribution in [0.15, 0.2) is 36.7 Å². The number of nitrogens with zero attached hydrogens (tertiary/aromatic N) is 3. The Morgan fingerprint density at radius 1 is 1.15 bits per heavy atom. The molecule has 1 aromatic carbocycles. The minimum Gasteiger partial charge on any atom is -0.341 e. The van der Waals surface area contributed by atoms with Gasteiger partial charge in [0.25, 0.3) is 0 Å². The molecule has 2 atom stereocenters. The van der Waals surface area contributed by atoms with E-state index in [0.717, 1.165) is 49.3 Å². The smallest absolute Gasteiger partial charge is 0.241 e. The van der Waals surface area contributed by atoms with Crippen molar-refractivity contribution in [2.45, 2.75) is 31.2 Å². The SMILES string of the molecule is O=C(C1CCNN1)N1CCCC(c2nccnc2-c2ccc(F)cc2)C1. The van der Waals surface area contributed by atoms with Gasteiger partial charge in [0.15, 0.2) is 0 Å². The normalized spacial score (nSPS) is 23.2. The first-order chi connectivity index (χ1) is 12.7. The van der Waals surface area contributed by atoms with Crippen molar-refractivity contribution in [2.24, 2.45) is 0 Å². The van der Waals surface area contributed by atoms with E-state index in [1.54, 1.807) is 24.5 Å². The first kappa shape index (κ1) is 17.1. The van der Waals surface area contributed by atoms with Gasteiger partial charge in [-0.05, 0) is 43.5 Å². The molecule has 2 fully saturated rings. The Hall–Kier alpha value is -2.38. The van der Waals surface area contributed by atoms with Gasteiger partial charge in [0.2, 0.25) is 5.91 Å². The number of hydrazine groups is 1. The van der Waals surface area contributed by atoms with Crippen LogP contribution < -0.4 is 10.9 Å². The maximum atomic E-state index is 13.3. The van der Waals surface area contributed by atoms with E-state index in [1.165, 1.54) is 12.1 Å². The van der Waals surface area contributed by atoms with E-state index in [-0.39, 0.29) is 23.7 Å². The molecule has 0 saturated carbocycles. The lowest BCUT2D eigenvalue weighted by Gasteiger charge is -2.34. The molecule has 136 valence electrons. The zero-order valence-corrected chi connectivity index (χ0v) is 14.5. The van der Waals surface area contributed by atoms with Gasteiger partial charge in [-0.3, -0.25) is 20.2 Å².